The van der Waals surface area contributed by atoms with Gasteiger partial charge in [-0.1, -0.05) is 0 Å². The van der Waals surface area contributed by atoms with Crippen molar-refractivity contribution in [1.29, 1.82) is 0 Å². The van der Waals surface area contributed by atoms with Gasteiger partial charge in [0.05, 0.1) is 19.0 Å². The molecular weight excluding hydrogens is 298 g/mol. The second kappa shape index (κ2) is 8.96. The molecule has 2 N–H and O–H groups in total. The SMILES string of the molecule is CC(=O)NCCCNC(=O)CCS(=O)(=O)N1CCOCC1. The second-order valence-corrected chi connectivity index (χ2v) is 6.85. The summed E-state index contributed by atoms with van der Waals surface area (Å²) in [6.07, 6.45) is 0.557. The zero-order valence-corrected chi connectivity index (χ0v) is 13.1. The largest absolute Gasteiger partial charge is 0.379 e. The molecule has 2 amide bonds. The van der Waals surface area contributed by atoms with Crippen molar-refractivity contribution in [2.75, 3.05) is 45.1 Å². The van der Waals surface area contributed by atoms with E-state index in [0.717, 1.165) is 0 Å². The number of carbonyl (C=O) groups is 2. The number of sulfonamides is 1. The molecule has 1 fully saturated rings. The normalized spacial score (nSPS) is 16.4. The molecule has 0 saturated carbocycles. The number of nitrogens with one attached hydrogen (secondary N) is 2. The number of hydrogen-bond acceptors (Lipinski definition) is 5. The lowest BCUT2D eigenvalue weighted by molar-refractivity contribution is -0.120. The van der Waals surface area contributed by atoms with Crippen molar-refractivity contribution in [3.05, 3.63) is 0 Å². The highest BCUT2D eigenvalue weighted by Crippen LogP contribution is 2.06. The molecule has 21 heavy (non-hydrogen) atoms. The third-order valence-corrected chi connectivity index (χ3v) is 4.87. The summed E-state index contributed by atoms with van der Waals surface area (Å²) in [7, 11) is -3.39. The zero-order chi connectivity index (χ0) is 15.7. The van der Waals surface area contributed by atoms with Gasteiger partial charge in [-0.3, -0.25) is 9.59 Å². The van der Waals surface area contributed by atoms with Crippen LogP contribution in [0.1, 0.15) is 19.8 Å². The van der Waals surface area contributed by atoms with Gasteiger partial charge >= 0.3 is 0 Å². The van der Waals surface area contributed by atoms with Gasteiger partial charge in [-0.25, -0.2) is 8.42 Å². The molecule has 9 heteroatoms. The van der Waals surface area contributed by atoms with Gasteiger partial charge in [-0.2, -0.15) is 4.31 Å². The first-order chi connectivity index (χ1) is 9.92. The van der Waals surface area contributed by atoms with Crippen LogP contribution in [0.15, 0.2) is 0 Å². The van der Waals surface area contributed by atoms with Crippen LogP contribution in [0.5, 0.6) is 0 Å². The Hall–Kier alpha value is -1.19. The van der Waals surface area contributed by atoms with Crippen LogP contribution in [0, 0.1) is 0 Å². The fourth-order valence-corrected chi connectivity index (χ4v) is 3.25. The lowest BCUT2D eigenvalue weighted by Gasteiger charge is -2.25. The quantitative estimate of drug-likeness (QED) is 0.540. The highest BCUT2D eigenvalue weighted by atomic mass is 32.2. The van der Waals surface area contributed by atoms with Crippen molar-refractivity contribution < 1.29 is 22.7 Å². The number of morpholine rings is 1. The van der Waals surface area contributed by atoms with Gasteiger partial charge in [0.25, 0.3) is 0 Å². The van der Waals surface area contributed by atoms with E-state index in [1.165, 1.54) is 11.2 Å². The fraction of sp³-hybridized carbons (Fsp3) is 0.833. The predicted octanol–water partition coefficient (Wildman–Crippen LogP) is -1.32. The van der Waals surface area contributed by atoms with E-state index >= 15 is 0 Å². The van der Waals surface area contributed by atoms with Crippen LogP contribution in [0.4, 0.5) is 0 Å². The highest BCUT2D eigenvalue weighted by Gasteiger charge is 2.24. The Bertz CT molecular complexity index is 446. The lowest BCUT2D eigenvalue weighted by Crippen LogP contribution is -2.42. The Kier molecular flexibility index (Phi) is 7.62. The first-order valence-corrected chi connectivity index (χ1v) is 8.59. The van der Waals surface area contributed by atoms with E-state index in [0.29, 0.717) is 45.8 Å². The molecule has 0 bridgehead atoms. The van der Waals surface area contributed by atoms with Crippen LogP contribution in [-0.4, -0.2) is 69.7 Å². The molecule has 0 aliphatic carbocycles. The number of ether oxygens (including phenoxy) is 1. The van der Waals surface area contributed by atoms with E-state index < -0.39 is 10.0 Å². The van der Waals surface area contributed by atoms with Crippen molar-refractivity contribution in [2.24, 2.45) is 0 Å². The van der Waals surface area contributed by atoms with Crippen molar-refractivity contribution in [3.8, 4) is 0 Å². The van der Waals surface area contributed by atoms with Gasteiger partial charge in [0.15, 0.2) is 0 Å². The first kappa shape index (κ1) is 17.9. The van der Waals surface area contributed by atoms with Crippen molar-refractivity contribution in [2.45, 2.75) is 19.8 Å². The summed E-state index contributed by atoms with van der Waals surface area (Å²) in [6, 6.07) is 0. The summed E-state index contributed by atoms with van der Waals surface area (Å²) in [5.41, 5.74) is 0. The minimum absolute atomic E-state index is 0.0557. The molecule has 1 aliphatic rings. The summed E-state index contributed by atoms with van der Waals surface area (Å²) in [5.74, 6) is -0.600. The minimum atomic E-state index is -3.39. The van der Waals surface area contributed by atoms with Gasteiger partial charge in [0, 0.05) is 39.5 Å². The molecule has 1 rings (SSSR count). The van der Waals surface area contributed by atoms with Gasteiger partial charge in [0.1, 0.15) is 0 Å². The molecule has 0 atom stereocenters. The average Bonchev–Trinajstić information content (AvgIpc) is 2.45. The Labute approximate surface area is 125 Å². The summed E-state index contributed by atoms with van der Waals surface area (Å²) in [5, 5.41) is 5.25. The monoisotopic (exact) mass is 321 g/mol. The molecule has 1 aliphatic heterocycles. The van der Waals surface area contributed by atoms with E-state index in [2.05, 4.69) is 10.6 Å². The van der Waals surface area contributed by atoms with E-state index in [1.54, 1.807) is 0 Å². The number of carbonyl (C=O) groups excluding carboxylic acids is 2. The molecule has 1 saturated heterocycles. The Balaban J connectivity index is 2.18. The zero-order valence-electron chi connectivity index (χ0n) is 12.3. The van der Waals surface area contributed by atoms with Crippen LogP contribution >= 0.6 is 0 Å². The molecule has 122 valence electrons. The topological polar surface area (TPSA) is 105 Å². The molecule has 0 aromatic heterocycles. The predicted molar refractivity (Wildman–Crippen MR) is 77.1 cm³/mol. The summed E-state index contributed by atoms with van der Waals surface area (Å²) in [4.78, 5) is 22.2. The van der Waals surface area contributed by atoms with Crippen LogP contribution < -0.4 is 10.6 Å². The lowest BCUT2D eigenvalue weighted by atomic mass is 10.4. The third-order valence-electron chi connectivity index (χ3n) is 3.00. The van der Waals surface area contributed by atoms with E-state index in [1.807, 2.05) is 0 Å². The summed E-state index contributed by atoms with van der Waals surface area (Å²) in [6.45, 7) is 3.82. The maximum Gasteiger partial charge on any atom is 0.221 e. The highest BCUT2D eigenvalue weighted by molar-refractivity contribution is 7.89. The third kappa shape index (κ3) is 7.39. The van der Waals surface area contributed by atoms with E-state index in [-0.39, 0.29) is 24.0 Å². The molecule has 0 unspecified atom stereocenters. The first-order valence-electron chi connectivity index (χ1n) is 6.98. The molecule has 8 nitrogen and oxygen atoms in total. The van der Waals surface area contributed by atoms with E-state index in [4.69, 9.17) is 4.74 Å². The molecule has 0 aromatic carbocycles. The molecule has 0 spiro atoms. The smallest absolute Gasteiger partial charge is 0.221 e. The number of hydrogen-bond donors (Lipinski definition) is 2. The average molecular weight is 321 g/mol. The van der Waals surface area contributed by atoms with Crippen molar-refractivity contribution in [1.82, 2.24) is 14.9 Å². The standard InChI is InChI=1S/C12H23N3O5S/c1-11(16)13-4-2-5-14-12(17)3-10-21(18,19)15-6-8-20-9-7-15/h2-10H2,1H3,(H,13,16)(H,14,17). The van der Waals surface area contributed by atoms with Crippen molar-refractivity contribution in [3.63, 3.8) is 0 Å². The van der Waals surface area contributed by atoms with Gasteiger partial charge < -0.3 is 15.4 Å². The number of rotatable bonds is 8. The number of amides is 2. The summed E-state index contributed by atoms with van der Waals surface area (Å²) < 4.78 is 30.4. The Morgan fingerprint density at radius 3 is 2.38 bits per heavy atom. The van der Waals surface area contributed by atoms with Gasteiger partial charge in [-0.15, -0.1) is 0 Å². The van der Waals surface area contributed by atoms with Crippen LogP contribution in [0.2, 0.25) is 0 Å². The maximum absolute atomic E-state index is 12.0. The summed E-state index contributed by atoms with van der Waals surface area (Å²) >= 11 is 0. The Morgan fingerprint density at radius 2 is 1.76 bits per heavy atom. The van der Waals surface area contributed by atoms with Gasteiger partial charge in [0.2, 0.25) is 21.8 Å². The van der Waals surface area contributed by atoms with Crippen LogP contribution in [-0.2, 0) is 24.3 Å². The minimum Gasteiger partial charge on any atom is -0.379 e. The second-order valence-electron chi connectivity index (χ2n) is 4.76. The maximum atomic E-state index is 12.0. The molecular formula is C12H23N3O5S. The van der Waals surface area contributed by atoms with Crippen LogP contribution in [0.3, 0.4) is 0 Å². The van der Waals surface area contributed by atoms with Gasteiger partial charge in [-0.05, 0) is 6.42 Å². The fourth-order valence-electron chi connectivity index (χ4n) is 1.84. The Morgan fingerprint density at radius 1 is 1.14 bits per heavy atom. The van der Waals surface area contributed by atoms with E-state index in [9.17, 15) is 18.0 Å². The molecule has 0 aromatic rings. The number of nitrogens with zero attached hydrogens (tertiary/aromatic N) is 1. The molecule has 0 radical (unpaired) electrons. The van der Waals surface area contributed by atoms with Crippen molar-refractivity contribution >= 4 is 21.8 Å². The molecule has 1 heterocycles. The van der Waals surface area contributed by atoms with Crippen LogP contribution in [0.25, 0.3) is 0 Å².